The normalized spacial score (nSPS) is 15.9. The number of hydrogen-bond donors (Lipinski definition) is 1. The van der Waals surface area contributed by atoms with E-state index in [1.807, 2.05) is 0 Å². The van der Waals surface area contributed by atoms with Crippen molar-refractivity contribution in [2.24, 2.45) is 0 Å². The van der Waals surface area contributed by atoms with E-state index < -0.39 is 21.8 Å². The zero-order valence-corrected chi connectivity index (χ0v) is 17.4. The minimum atomic E-state index is -4.45. The minimum absolute atomic E-state index is 0.172. The van der Waals surface area contributed by atoms with Gasteiger partial charge in [0, 0.05) is 35.5 Å². The number of sulfonamides is 1. The van der Waals surface area contributed by atoms with E-state index in [0.717, 1.165) is 12.1 Å². The lowest BCUT2D eigenvalue weighted by molar-refractivity contribution is -0.137. The van der Waals surface area contributed by atoms with Gasteiger partial charge in [0.15, 0.2) is 0 Å². The number of rotatable bonds is 4. The Balaban J connectivity index is 1.62. The molecule has 0 radical (unpaired) electrons. The summed E-state index contributed by atoms with van der Waals surface area (Å²) in [5, 5.41) is 3.69. The Hall–Kier alpha value is -2.69. The van der Waals surface area contributed by atoms with Crippen LogP contribution < -0.4 is 5.32 Å². The Morgan fingerprint density at radius 3 is 2.35 bits per heavy atom. The number of aryl methyl sites for hydroxylation is 1. The predicted octanol–water partition coefficient (Wildman–Crippen LogP) is 4.33. The first-order chi connectivity index (χ1) is 14.6. The molecule has 0 bridgehead atoms. The highest BCUT2D eigenvalue weighted by Gasteiger charge is 2.31. The summed E-state index contributed by atoms with van der Waals surface area (Å²) < 4.78 is 71.2. The number of ether oxygens (including phenoxy) is 1. The van der Waals surface area contributed by atoms with Gasteiger partial charge in [-0.15, -0.1) is 0 Å². The number of nitrogens with one attached hydrogen (secondary N) is 1. The van der Waals surface area contributed by atoms with Gasteiger partial charge in [-0.2, -0.15) is 17.5 Å². The molecule has 1 aliphatic rings. The fourth-order valence-corrected chi connectivity index (χ4v) is 4.85. The fraction of sp³-hybridized carbons (Fsp3) is 0.286. The second-order valence-electron chi connectivity index (χ2n) is 7.21. The van der Waals surface area contributed by atoms with Gasteiger partial charge in [0.2, 0.25) is 10.0 Å². The van der Waals surface area contributed by atoms with E-state index in [1.165, 1.54) is 22.5 Å². The van der Waals surface area contributed by atoms with E-state index in [-0.39, 0.29) is 10.4 Å². The lowest BCUT2D eigenvalue weighted by atomic mass is 10.1. The maximum absolute atomic E-state index is 13.0. The molecule has 10 heteroatoms. The molecule has 6 nitrogen and oxygen atoms in total. The fourth-order valence-electron chi connectivity index (χ4n) is 3.44. The molecule has 1 aliphatic heterocycles. The quantitative estimate of drug-likeness (QED) is 0.640. The summed E-state index contributed by atoms with van der Waals surface area (Å²) in [4.78, 5) is 4.39. The maximum Gasteiger partial charge on any atom is 0.416 e. The third-order valence-corrected chi connectivity index (χ3v) is 6.92. The average molecular weight is 451 g/mol. The van der Waals surface area contributed by atoms with Gasteiger partial charge in [-0.1, -0.05) is 6.07 Å². The van der Waals surface area contributed by atoms with Gasteiger partial charge in [-0.05, 0) is 49.4 Å². The molecule has 1 fully saturated rings. The van der Waals surface area contributed by atoms with Crippen LogP contribution in [0.3, 0.4) is 0 Å². The highest BCUT2D eigenvalue weighted by Crippen LogP contribution is 2.34. The zero-order chi connectivity index (χ0) is 22.2. The Labute approximate surface area is 177 Å². The molecule has 0 saturated carbocycles. The second-order valence-corrected chi connectivity index (χ2v) is 9.14. The maximum atomic E-state index is 13.0. The summed E-state index contributed by atoms with van der Waals surface area (Å²) in [5.41, 5.74) is 1.21. The van der Waals surface area contributed by atoms with Crippen molar-refractivity contribution in [2.45, 2.75) is 18.0 Å². The van der Waals surface area contributed by atoms with Crippen molar-refractivity contribution in [3.05, 3.63) is 59.8 Å². The number of benzene rings is 2. The van der Waals surface area contributed by atoms with E-state index in [9.17, 15) is 21.6 Å². The molecule has 31 heavy (non-hydrogen) atoms. The van der Waals surface area contributed by atoms with Crippen molar-refractivity contribution in [2.75, 3.05) is 31.6 Å². The number of alkyl halides is 3. The first-order valence-corrected chi connectivity index (χ1v) is 11.0. The minimum Gasteiger partial charge on any atom is -0.379 e. The molecule has 0 amide bonds. The lowest BCUT2D eigenvalue weighted by Crippen LogP contribution is -2.40. The first kappa shape index (κ1) is 21.5. The van der Waals surface area contributed by atoms with Crippen LogP contribution in [0.25, 0.3) is 10.9 Å². The van der Waals surface area contributed by atoms with Gasteiger partial charge in [0.1, 0.15) is 0 Å². The molecule has 0 unspecified atom stereocenters. The second kappa shape index (κ2) is 8.10. The van der Waals surface area contributed by atoms with Gasteiger partial charge in [-0.3, -0.25) is 4.98 Å². The predicted molar refractivity (Wildman–Crippen MR) is 111 cm³/mol. The topological polar surface area (TPSA) is 71.5 Å². The molecule has 164 valence electrons. The molecule has 3 aromatic rings. The zero-order valence-electron chi connectivity index (χ0n) is 16.6. The van der Waals surface area contributed by atoms with Gasteiger partial charge in [-0.25, -0.2) is 8.42 Å². The van der Waals surface area contributed by atoms with Crippen molar-refractivity contribution < 1.29 is 26.3 Å². The summed E-state index contributed by atoms with van der Waals surface area (Å²) in [7, 11) is -3.60. The van der Waals surface area contributed by atoms with Gasteiger partial charge in [0.05, 0.1) is 29.2 Å². The van der Waals surface area contributed by atoms with E-state index >= 15 is 0 Å². The highest BCUT2D eigenvalue weighted by molar-refractivity contribution is 7.89. The largest absolute Gasteiger partial charge is 0.416 e. The Morgan fingerprint density at radius 2 is 1.71 bits per heavy atom. The number of anilines is 2. The molecule has 1 aromatic heterocycles. The number of pyridine rings is 1. The van der Waals surface area contributed by atoms with Crippen LogP contribution in [0.15, 0.2) is 53.4 Å². The Kier molecular flexibility index (Phi) is 5.63. The molecule has 2 aromatic carbocycles. The van der Waals surface area contributed by atoms with Crippen LogP contribution >= 0.6 is 0 Å². The SMILES string of the molecule is Cc1cc(Nc2ccc(S(=O)(=O)N3CCOCC3)cc2)c2ccc(C(F)(F)F)cc2n1. The summed E-state index contributed by atoms with van der Waals surface area (Å²) >= 11 is 0. The monoisotopic (exact) mass is 451 g/mol. The van der Waals surface area contributed by atoms with E-state index in [0.29, 0.717) is 48.8 Å². The molecule has 1 N–H and O–H groups in total. The molecule has 4 rings (SSSR count). The first-order valence-electron chi connectivity index (χ1n) is 9.58. The van der Waals surface area contributed by atoms with Crippen LogP contribution in [0, 0.1) is 6.92 Å². The van der Waals surface area contributed by atoms with Crippen LogP contribution in [0.1, 0.15) is 11.3 Å². The lowest BCUT2D eigenvalue weighted by Gasteiger charge is -2.26. The third-order valence-electron chi connectivity index (χ3n) is 5.01. The van der Waals surface area contributed by atoms with E-state index in [1.54, 1.807) is 25.1 Å². The number of hydrogen-bond acceptors (Lipinski definition) is 5. The third kappa shape index (κ3) is 4.51. The number of nitrogens with zero attached hydrogens (tertiary/aromatic N) is 2. The molecule has 2 heterocycles. The van der Waals surface area contributed by atoms with Crippen molar-refractivity contribution in [3.8, 4) is 0 Å². The number of fused-ring (bicyclic) bond motifs is 1. The van der Waals surface area contributed by atoms with Crippen molar-refractivity contribution in [1.82, 2.24) is 9.29 Å². The smallest absolute Gasteiger partial charge is 0.379 e. The average Bonchev–Trinajstić information content (AvgIpc) is 2.73. The van der Waals surface area contributed by atoms with Crippen LogP contribution in [-0.2, 0) is 20.9 Å². The number of aromatic nitrogens is 1. The standard InChI is InChI=1S/C21H20F3N3O3S/c1-14-12-19(18-7-2-15(21(22,23)24)13-20(18)25-14)26-16-3-5-17(6-4-16)31(28,29)27-8-10-30-11-9-27/h2-7,12-13H,8-11H2,1H3,(H,25,26). The highest BCUT2D eigenvalue weighted by atomic mass is 32.2. The van der Waals surface area contributed by atoms with Crippen LogP contribution in [0.4, 0.5) is 24.5 Å². The molecule has 0 spiro atoms. The van der Waals surface area contributed by atoms with Crippen LogP contribution in [0.5, 0.6) is 0 Å². The summed E-state index contributed by atoms with van der Waals surface area (Å²) in [6, 6.07) is 11.4. The van der Waals surface area contributed by atoms with E-state index in [4.69, 9.17) is 4.74 Å². The Morgan fingerprint density at radius 1 is 1.03 bits per heavy atom. The van der Waals surface area contributed by atoms with Crippen molar-refractivity contribution in [1.29, 1.82) is 0 Å². The molecular weight excluding hydrogens is 431 g/mol. The molecular formula is C21H20F3N3O3S. The van der Waals surface area contributed by atoms with Gasteiger partial charge in [0.25, 0.3) is 0 Å². The van der Waals surface area contributed by atoms with Crippen molar-refractivity contribution in [3.63, 3.8) is 0 Å². The van der Waals surface area contributed by atoms with Gasteiger partial charge >= 0.3 is 6.18 Å². The van der Waals surface area contributed by atoms with Crippen molar-refractivity contribution >= 4 is 32.3 Å². The Bertz CT molecular complexity index is 1210. The van der Waals surface area contributed by atoms with Gasteiger partial charge < -0.3 is 10.1 Å². The molecule has 1 saturated heterocycles. The van der Waals surface area contributed by atoms with Crippen LogP contribution in [0.2, 0.25) is 0 Å². The summed E-state index contributed by atoms with van der Waals surface area (Å²) in [6.07, 6.45) is -4.45. The van der Waals surface area contributed by atoms with Crippen LogP contribution in [-0.4, -0.2) is 44.0 Å². The summed E-state index contributed by atoms with van der Waals surface area (Å²) in [6.45, 7) is 3.05. The van der Waals surface area contributed by atoms with E-state index in [2.05, 4.69) is 10.3 Å². The summed E-state index contributed by atoms with van der Waals surface area (Å²) in [5.74, 6) is 0. The molecule has 0 atom stereocenters. The molecule has 0 aliphatic carbocycles. The number of morpholine rings is 1. The number of halogens is 3.